The van der Waals surface area contributed by atoms with E-state index in [4.69, 9.17) is 4.74 Å². The molecule has 6 nitrogen and oxygen atoms in total. The smallest absolute Gasteiger partial charge is 0.406 e. The van der Waals surface area contributed by atoms with Gasteiger partial charge in [0.1, 0.15) is 5.75 Å². The first kappa shape index (κ1) is 16.8. The van der Waals surface area contributed by atoms with Crippen LogP contribution < -0.4 is 15.3 Å². The molecule has 0 fully saturated rings. The second-order valence-electron chi connectivity index (χ2n) is 5.62. The fraction of sp³-hybridized carbons (Fsp3) is 0.111. The van der Waals surface area contributed by atoms with Crippen molar-refractivity contribution in [3.8, 4) is 11.6 Å². The number of aryl methyl sites for hydroxylation is 1. The molecule has 0 unspecified atom stereocenters. The highest BCUT2D eigenvalue weighted by Gasteiger charge is 2.09. The van der Waals surface area contributed by atoms with Crippen LogP contribution in [0, 0.1) is 6.92 Å². The predicted octanol–water partition coefficient (Wildman–Crippen LogP) is 3.84. The van der Waals surface area contributed by atoms with Gasteiger partial charge in [0.25, 0.3) is 0 Å². The molecule has 1 aromatic heterocycles. The summed E-state index contributed by atoms with van der Waals surface area (Å²) in [5.41, 5.74) is 2.50. The van der Waals surface area contributed by atoms with Gasteiger partial charge in [0.15, 0.2) is 0 Å². The fourth-order valence-electron chi connectivity index (χ4n) is 2.24. The molecule has 0 bridgehead atoms. The minimum atomic E-state index is -0.641. The van der Waals surface area contributed by atoms with Crippen LogP contribution in [0.1, 0.15) is 5.56 Å². The quantitative estimate of drug-likeness (QED) is 0.595. The van der Waals surface area contributed by atoms with E-state index in [1.807, 2.05) is 55.5 Å². The highest BCUT2D eigenvalue weighted by molar-refractivity contribution is 6.52. The summed E-state index contributed by atoms with van der Waals surface area (Å²) in [6.45, 7) is 3.54. The van der Waals surface area contributed by atoms with Crippen molar-refractivity contribution in [3.05, 3.63) is 66.4 Å². The van der Waals surface area contributed by atoms with Crippen molar-refractivity contribution in [1.82, 2.24) is 9.97 Å². The largest absolute Gasteiger partial charge is 0.438 e. The number of benzene rings is 2. The molecule has 1 heterocycles. The Bertz CT molecular complexity index is 843. The SMILES string of the molecule is CB(O)Nc1cccc(Oc2nc(Nc3ccccc3)ncc2C)c1. The molecule has 25 heavy (non-hydrogen) atoms. The molecule has 0 atom stereocenters. The van der Waals surface area contributed by atoms with Crippen molar-refractivity contribution < 1.29 is 9.76 Å². The van der Waals surface area contributed by atoms with Crippen LogP contribution in [0.3, 0.4) is 0 Å². The van der Waals surface area contributed by atoms with Gasteiger partial charge >= 0.3 is 7.05 Å². The van der Waals surface area contributed by atoms with Crippen LogP contribution in [-0.4, -0.2) is 22.0 Å². The summed E-state index contributed by atoms with van der Waals surface area (Å²) >= 11 is 0. The van der Waals surface area contributed by atoms with Crippen LogP contribution in [0.15, 0.2) is 60.8 Å². The lowest BCUT2D eigenvalue weighted by atomic mass is 9.88. The lowest BCUT2D eigenvalue weighted by Gasteiger charge is -2.12. The Kier molecular flexibility index (Phi) is 5.16. The van der Waals surface area contributed by atoms with E-state index in [2.05, 4.69) is 20.5 Å². The van der Waals surface area contributed by atoms with Crippen LogP contribution in [0.5, 0.6) is 11.6 Å². The standard InChI is InChI=1S/C18H19BN4O2/c1-13-12-20-18(21-14-7-4-3-5-8-14)22-17(13)25-16-10-6-9-15(11-16)23-19(2)24/h3-12,23-24H,1-2H3,(H,20,21,22). The number of nitrogens with zero attached hydrogens (tertiary/aromatic N) is 2. The van der Waals surface area contributed by atoms with Crippen molar-refractivity contribution in [2.24, 2.45) is 0 Å². The van der Waals surface area contributed by atoms with Gasteiger partial charge in [-0.15, -0.1) is 0 Å². The topological polar surface area (TPSA) is 79.3 Å². The molecule has 0 aliphatic heterocycles. The number of rotatable bonds is 6. The van der Waals surface area contributed by atoms with E-state index in [0.717, 1.165) is 16.9 Å². The van der Waals surface area contributed by atoms with Crippen molar-refractivity contribution in [3.63, 3.8) is 0 Å². The Morgan fingerprint density at radius 3 is 2.56 bits per heavy atom. The van der Waals surface area contributed by atoms with Crippen molar-refractivity contribution >= 4 is 24.4 Å². The van der Waals surface area contributed by atoms with Crippen LogP contribution in [0.4, 0.5) is 17.3 Å². The third-order valence-electron chi connectivity index (χ3n) is 3.38. The third-order valence-corrected chi connectivity index (χ3v) is 3.38. The summed E-state index contributed by atoms with van der Waals surface area (Å²) in [6.07, 6.45) is 1.71. The molecule has 0 spiro atoms. The summed E-state index contributed by atoms with van der Waals surface area (Å²) in [5, 5.41) is 15.5. The maximum absolute atomic E-state index is 9.43. The number of aromatic nitrogens is 2. The second-order valence-corrected chi connectivity index (χ2v) is 5.62. The third kappa shape index (κ3) is 4.71. The first-order valence-corrected chi connectivity index (χ1v) is 7.98. The average Bonchev–Trinajstić information content (AvgIpc) is 2.59. The van der Waals surface area contributed by atoms with Crippen LogP contribution in [0.2, 0.25) is 6.82 Å². The molecule has 3 aromatic rings. The highest BCUT2D eigenvalue weighted by atomic mass is 16.5. The van der Waals surface area contributed by atoms with E-state index < -0.39 is 7.05 Å². The molecule has 3 N–H and O–H groups in total. The maximum Gasteiger partial charge on any atom is 0.406 e. The lowest BCUT2D eigenvalue weighted by molar-refractivity contribution is 0.458. The zero-order chi connectivity index (χ0) is 17.6. The number of para-hydroxylation sites is 1. The zero-order valence-electron chi connectivity index (χ0n) is 14.1. The Morgan fingerprint density at radius 2 is 1.80 bits per heavy atom. The number of anilines is 3. The predicted molar refractivity (Wildman–Crippen MR) is 100 cm³/mol. The van der Waals surface area contributed by atoms with Crippen molar-refractivity contribution in [1.29, 1.82) is 0 Å². The van der Waals surface area contributed by atoms with Crippen LogP contribution in [-0.2, 0) is 0 Å². The number of hydrogen-bond donors (Lipinski definition) is 3. The molecule has 0 amide bonds. The van der Waals surface area contributed by atoms with Gasteiger partial charge < -0.3 is 20.3 Å². The van der Waals surface area contributed by atoms with Gasteiger partial charge in [-0.1, -0.05) is 24.3 Å². The van der Waals surface area contributed by atoms with Gasteiger partial charge in [-0.25, -0.2) is 4.98 Å². The van der Waals surface area contributed by atoms with Crippen LogP contribution in [0.25, 0.3) is 0 Å². The van der Waals surface area contributed by atoms with E-state index in [1.165, 1.54) is 0 Å². The molecule has 0 saturated carbocycles. The second kappa shape index (κ2) is 7.68. The fourth-order valence-corrected chi connectivity index (χ4v) is 2.24. The summed E-state index contributed by atoms with van der Waals surface area (Å²) in [6, 6.07) is 17.0. The molecular weight excluding hydrogens is 315 g/mol. The molecular formula is C18H19BN4O2. The minimum absolute atomic E-state index is 0.463. The normalized spacial score (nSPS) is 10.2. The van der Waals surface area contributed by atoms with E-state index in [9.17, 15) is 5.02 Å². The van der Waals surface area contributed by atoms with Crippen molar-refractivity contribution in [2.75, 3.05) is 10.5 Å². The maximum atomic E-state index is 9.43. The molecule has 7 heteroatoms. The monoisotopic (exact) mass is 334 g/mol. The summed E-state index contributed by atoms with van der Waals surface area (Å²) in [5.74, 6) is 1.56. The summed E-state index contributed by atoms with van der Waals surface area (Å²) < 4.78 is 5.90. The number of nitrogens with one attached hydrogen (secondary N) is 2. The van der Waals surface area contributed by atoms with Gasteiger partial charge in [-0.05, 0) is 38.0 Å². The molecule has 0 saturated heterocycles. The Balaban J connectivity index is 1.79. The zero-order valence-corrected chi connectivity index (χ0v) is 14.1. The first-order chi connectivity index (χ1) is 12.1. The Hall–Kier alpha value is -3.06. The van der Waals surface area contributed by atoms with Gasteiger partial charge in [-0.2, -0.15) is 4.98 Å². The first-order valence-electron chi connectivity index (χ1n) is 7.98. The van der Waals surface area contributed by atoms with Crippen molar-refractivity contribution in [2.45, 2.75) is 13.7 Å². The van der Waals surface area contributed by atoms with Gasteiger partial charge in [0.2, 0.25) is 11.8 Å². The van der Waals surface area contributed by atoms with E-state index in [1.54, 1.807) is 19.1 Å². The van der Waals surface area contributed by atoms with E-state index in [0.29, 0.717) is 17.6 Å². The Labute approximate surface area is 147 Å². The minimum Gasteiger partial charge on any atom is -0.438 e. The number of ether oxygens (including phenoxy) is 1. The number of hydrogen-bond acceptors (Lipinski definition) is 6. The van der Waals surface area contributed by atoms with Gasteiger partial charge in [0, 0.05) is 29.2 Å². The Morgan fingerprint density at radius 1 is 1.04 bits per heavy atom. The molecule has 126 valence electrons. The molecule has 3 rings (SSSR count). The molecule has 2 aromatic carbocycles. The van der Waals surface area contributed by atoms with Crippen LogP contribution >= 0.6 is 0 Å². The van der Waals surface area contributed by atoms with Gasteiger partial charge in [0.05, 0.1) is 0 Å². The molecule has 0 radical (unpaired) electrons. The van der Waals surface area contributed by atoms with E-state index >= 15 is 0 Å². The molecule has 0 aliphatic rings. The average molecular weight is 334 g/mol. The summed E-state index contributed by atoms with van der Waals surface area (Å²) in [7, 11) is -0.641. The molecule has 0 aliphatic carbocycles. The lowest BCUT2D eigenvalue weighted by Crippen LogP contribution is -2.19. The van der Waals surface area contributed by atoms with Gasteiger partial charge in [-0.3, -0.25) is 0 Å². The van der Waals surface area contributed by atoms with E-state index in [-0.39, 0.29) is 0 Å². The summed E-state index contributed by atoms with van der Waals surface area (Å²) in [4.78, 5) is 8.72. The highest BCUT2D eigenvalue weighted by Crippen LogP contribution is 2.26.